The van der Waals surface area contributed by atoms with E-state index in [4.69, 9.17) is 5.11 Å². The molecule has 0 aromatic carbocycles. The predicted octanol–water partition coefficient (Wildman–Crippen LogP) is 1.67. The highest BCUT2D eigenvalue weighted by molar-refractivity contribution is 5.78. The van der Waals surface area contributed by atoms with E-state index in [1.807, 2.05) is 0 Å². The molecule has 0 bridgehead atoms. The Morgan fingerprint density at radius 1 is 1.26 bits per heavy atom. The summed E-state index contributed by atoms with van der Waals surface area (Å²) in [6, 6.07) is 0.427. The van der Waals surface area contributed by atoms with Gasteiger partial charge in [-0.3, -0.25) is 9.59 Å². The van der Waals surface area contributed by atoms with Crippen molar-refractivity contribution >= 4 is 11.9 Å². The van der Waals surface area contributed by atoms with Crippen LogP contribution in [0.2, 0.25) is 0 Å². The molecule has 0 radical (unpaired) electrons. The van der Waals surface area contributed by atoms with E-state index in [0.717, 1.165) is 38.6 Å². The van der Waals surface area contributed by atoms with Gasteiger partial charge >= 0.3 is 5.97 Å². The molecule has 5 heteroatoms. The molecule has 0 aliphatic heterocycles. The summed E-state index contributed by atoms with van der Waals surface area (Å²) < 4.78 is 0. The van der Waals surface area contributed by atoms with Gasteiger partial charge in [0.1, 0.15) is 0 Å². The van der Waals surface area contributed by atoms with Crippen LogP contribution in [-0.2, 0) is 9.59 Å². The Kier molecular flexibility index (Phi) is 6.28. The standard InChI is InChI=1S/C14H26N2O3/c1-11(2)15-9-5-6-12(17)16-14(10-13(18)19)7-3-4-8-14/h11,15H,3-10H2,1-2H3,(H,16,17)(H,18,19). The third-order valence-corrected chi connectivity index (χ3v) is 3.59. The molecule has 1 saturated carbocycles. The van der Waals surface area contributed by atoms with Crippen LogP contribution in [0.3, 0.4) is 0 Å². The maximum absolute atomic E-state index is 11.9. The number of nitrogens with one attached hydrogen (secondary N) is 2. The number of rotatable bonds is 8. The summed E-state index contributed by atoms with van der Waals surface area (Å²) in [6.07, 6.45) is 4.87. The molecule has 0 saturated heterocycles. The third kappa shape index (κ3) is 6.05. The largest absolute Gasteiger partial charge is 0.481 e. The first-order valence-corrected chi connectivity index (χ1v) is 7.20. The minimum absolute atomic E-state index is 0.0197. The topological polar surface area (TPSA) is 78.4 Å². The van der Waals surface area contributed by atoms with E-state index in [9.17, 15) is 9.59 Å². The lowest BCUT2D eigenvalue weighted by atomic mass is 9.93. The van der Waals surface area contributed by atoms with Gasteiger partial charge in [0.05, 0.1) is 12.0 Å². The van der Waals surface area contributed by atoms with E-state index in [1.54, 1.807) is 0 Å². The van der Waals surface area contributed by atoms with Gasteiger partial charge in [0.25, 0.3) is 0 Å². The highest BCUT2D eigenvalue weighted by atomic mass is 16.4. The molecule has 0 unspecified atom stereocenters. The molecule has 1 rings (SSSR count). The van der Waals surface area contributed by atoms with Crippen LogP contribution in [0.15, 0.2) is 0 Å². The number of carbonyl (C=O) groups excluding carboxylic acids is 1. The second kappa shape index (κ2) is 7.48. The fourth-order valence-corrected chi connectivity index (χ4v) is 2.69. The highest BCUT2D eigenvalue weighted by Crippen LogP contribution is 2.32. The first kappa shape index (κ1) is 16.0. The minimum Gasteiger partial charge on any atom is -0.481 e. The molecule has 5 nitrogen and oxygen atoms in total. The third-order valence-electron chi connectivity index (χ3n) is 3.59. The Balaban J connectivity index is 2.33. The summed E-state index contributed by atoms with van der Waals surface area (Å²) in [4.78, 5) is 22.8. The molecular formula is C14H26N2O3. The number of aliphatic carboxylic acids is 1. The van der Waals surface area contributed by atoms with E-state index in [-0.39, 0.29) is 12.3 Å². The van der Waals surface area contributed by atoms with Gasteiger partial charge < -0.3 is 15.7 Å². The lowest BCUT2D eigenvalue weighted by molar-refractivity contribution is -0.139. The van der Waals surface area contributed by atoms with Crippen molar-refractivity contribution in [2.45, 2.75) is 70.4 Å². The molecule has 0 atom stereocenters. The van der Waals surface area contributed by atoms with Gasteiger partial charge in [0.15, 0.2) is 0 Å². The van der Waals surface area contributed by atoms with E-state index < -0.39 is 11.5 Å². The Morgan fingerprint density at radius 3 is 2.42 bits per heavy atom. The molecule has 0 aromatic rings. The van der Waals surface area contributed by atoms with Crippen molar-refractivity contribution < 1.29 is 14.7 Å². The molecule has 1 amide bonds. The lowest BCUT2D eigenvalue weighted by Gasteiger charge is -2.28. The SMILES string of the molecule is CC(C)NCCCC(=O)NC1(CC(=O)O)CCCC1. The van der Waals surface area contributed by atoms with E-state index in [2.05, 4.69) is 24.5 Å². The predicted molar refractivity (Wildman–Crippen MR) is 74.0 cm³/mol. The van der Waals surface area contributed by atoms with Crippen LogP contribution >= 0.6 is 0 Å². The smallest absolute Gasteiger partial charge is 0.305 e. The molecule has 110 valence electrons. The van der Waals surface area contributed by atoms with Gasteiger partial charge in [-0.15, -0.1) is 0 Å². The lowest BCUT2D eigenvalue weighted by Crippen LogP contribution is -2.47. The van der Waals surface area contributed by atoms with Crippen molar-refractivity contribution in [3.63, 3.8) is 0 Å². The molecule has 1 aliphatic rings. The molecule has 0 heterocycles. The van der Waals surface area contributed by atoms with Gasteiger partial charge in [-0.25, -0.2) is 0 Å². The van der Waals surface area contributed by atoms with E-state index >= 15 is 0 Å². The Labute approximate surface area is 115 Å². The summed E-state index contributed by atoms with van der Waals surface area (Å²) in [7, 11) is 0. The number of carboxylic acids is 1. The fraction of sp³-hybridized carbons (Fsp3) is 0.857. The molecular weight excluding hydrogens is 244 g/mol. The molecule has 1 aliphatic carbocycles. The van der Waals surface area contributed by atoms with Gasteiger partial charge in [-0.1, -0.05) is 26.7 Å². The van der Waals surface area contributed by atoms with Crippen molar-refractivity contribution in [2.75, 3.05) is 6.54 Å². The first-order valence-electron chi connectivity index (χ1n) is 7.20. The summed E-state index contributed by atoms with van der Waals surface area (Å²) >= 11 is 0. The van der Waals surface area contributed by atoms with Crippen molar-refractivity contribution in [3.05, 3.63) is 0 Å². The quantitative estimate of drug-likeness (QED) is 0.586. The van der Waals surface area contributed by atoms with Gasteiger partial charge in [0.2, 0.25) is 5.91 Å². The van der Waals surface area contributed by atoms with Crippen molar-refractivity contribution in [1.82, 2.24) is 10.6 Å². The van der Waals surface area contributed by atoms with Crippen LogP contribution in [-0.4, -0.2) is 35.1 Å². The summed E-state index contributed by atoms with van der Waals surface area (Å²) in [5.41, 5.74) is -0.492. The normalized spacial score (nSPS) is 17.6. The van der Waals surface area contributed by atoms with Crippen molar-refractivity contribution in [3.8, 4) is 0 Å². The molecule has 19 heavy (non-hydrogen) atoms. The van der Waals surface area contributed by atoms with Gasteiger partial charge in [-0.05, 0) is 25.8 Å². The molecule has 0 spiro atoms. The average Bonchev–Trinajstić information content (AvgIpc) is 2.71. The fourth-order valence-electron chi connectivity index (χ4n) is 2.69. The number of amides is 1. The second-order valence-electron chi connectivity index (χ2n) is 5.82. The number of carboxylic acid groups (broad SMARTS) is 1. The van der Waals surface area contributed by atoms with E-state index in [0.29, 0.717) is 12.5 Å². The van der Waals surface area contributed by atoms with Crippen molar-refractivity contribution in [2.24, 2.45) is 0 Å². The molecule has 1 fully saturated rings. The second-order valence-corrected chi connectivity index (χ2v) is 5.82. The maximum atomic E-state index is 11.9. The summed E-state index contributed by atoms with van der Waals surface area (Å²) in [6.45, 7) is 4.96. The number of carbonyl (C=O) groups is 2. The monoisotopic (exact) mass is 270 g/mol. The maximum Gasteiger partial charge on any atom is 0.305 e. The Bertz CT molecular complexity index is 310. The van der Waals surface area contributed by atoms with Crippen LogP contribution in [0.1, 0.15) is 58.8 Å². The highest BCUT2D eigenvalue weighted by Gasteiger charge is 2.37. The summed E-state index contributed by atoms with van der Waals surface area (Å²) in [5.74, 6) is -0.850. The average molecular weight is 270 g/mol. The Morgan fingerprint density at radius 2 is 1.89 bits per heavy atom. The number of hydrogen-bond acceptors (Lipinski definition) is 3. The van der Waals surface area contributed by atoms with Crippen LogP contribution < -0.4 is 10.6 Å². The van der Waals surface area contributed by atoms with Gasteiger partial charge in [-0.2, -0.15) is 0 Å². The molecule has 0 aromatic heterocycles. The van der Waals surface area contributed by atoms with Crippen LogP contribution in [0.5, 0.6) is 0 Å². The zero-order valence-corrected chi connectivity index (χ0v) is 12.0. The zero-order chi connectivity index (χ0) is 14.3. The minimum atomic E-state index is -0.830. The van der Waals surface area contributed by atoms with Crippen LogP contribution in [0, 0.1) is 0 Å². The zero-order valence-electron chi connectivity index (χ0n) is 12.0. The first-order chi connectivity index (χ1) is 8.93. The van der Waals surface area contributed by atoms with Crippen molar-refractivity contribution in [1.29, 1.82) is 0 Å². The molecule has 3 N–H and O–H groups in total. The van der Waals surface area contributed by atoms with Crippen LogP contribution in [0.25, 0.3) is 0 Å². The van der Waals surface area contributed by atoms with E-state index in [1.165, 1.54) is 0 Å². The number of hydrogen-bond donors (Lipinski definition) is 3. The summed E-state index contributed by atoms with van der Waals surface area (Å²) in [5, 5.41) is 15.2. The Hall–Kier alpha value is -1.10. The van der Waals surface area contributed by atoms with Gasteiger partial charge in [0, 0.05) is 12.5 Å². The van der Waals surface area contributed by atoms with Crippen LogP contribution in [0.4, 0.5) is 0 Å².